The molecule has 51 heavy (non-hydrogen) atoms. The standard InChI is InChI=1S/C43H58N6O2/c44-21-23-47-22-9-8-20-43(30-32-10-2-1-3-11-32)31-48(41(50)39(45)28-33-16-18-35-12-4-6-14-37(35)26-33)24-25-49(43)42(51)40(46)29-34-17-19-36-13-5-7-15-38(36)27-34/h4-7,12-19,26-27,32,39-40,47H,1-3,8-11,20-25,28-31,44-46H2/t39-,40?,43?/m1/s1. The summed E-state index contributed by atoms with van der Waals surface area (Å²) in [5.74, 6) is 0.476. The summed E-state index contributed by atoms with van der Waals surface area (Å²) in [5, 5.41) is 8.07. The second-order valence-corrected chi connectivity index (χ2v) is 15.2. The van der Waals surface area contributed by atoms with Crippen molar-refractivity contribution in [1.82, 2.24) is 15.1 Å². The van der Waals surface area contributed by atoms with Crippen LogP contribution in [0, 0.1) is 5.92 Å². The summed E-state index contributed by atoms with van der Waals surface area (Å²) >= 11 is 0. The lowest BCUT2D eigenvalue weighted by Gasteiger charge is -2.53. The van der Waals surface area contributed by atoms with Crippen LogP contribution in [-0.2, 0) is 22.4 Å². The highest BCUT2D eigenvalue weighted by Gasteiger charge is 2.47. The summed E-state index contributed by atoms with van der Waals surface area (Å²) in [5.41, 5.74) is 20.9. The van der Waals surface area contributed by atoms with Gasteiger partial charge in [0.15, 0.2) is 0 Å². The molecule has 272 valence electrons. The largest absolute Gasteiger partial charge is 0.337 e. The van der Waals surface area contributed by atoms with Crippen LogP contribution in [-0.4, -0.2) is 78.5 Å². The fraction of sp³-hybridized carbons (Fsp3) is 0.488. The molecule has 1 saturated carbocycles. The molecule has 1 saturated heterocycles. The third-order valence-corrected chi connectivity index (χ3v) is 11.4. The van der Waals surface area contributed by atoms with Crippen molar-refractivity contribution >= 4 is 33.4 Å². The molecule has 4 aromatic rings. The second-order valence-electron chi connectivity index (χ2n) is 15.2. The topological polar surface area (TPSA) is 131 Å². The Bertz CT molecular complexity index is 1760. The molecule has 1 aliphatic heterocycles. The predicted molar refractivity (Wildman–Crippen MR) is 209 cm³/mol. The van der Waals surface area contributed by atoms with Crippen LogP contribution in [0.25, 0.3) is 21.5 Å². The molecule has 1 aliphatic carbocycles. The number of nitrogens with one attached hydrogen (secondary N) is 1. The van der Waals surface area contributed by atoms with Crippen LogP contribution in [0.1, 0.15) is 68.9 Å². The van der Waals surface area contributed by atoms with Crippen molar-refractivity contribution in [3.8, 4) is 0 Å². The fourth-order valence-electron chi connectivity index (χ4n) is 8.71. The van der Waals surface area contributed by atoms with Crippen molar-refractivity contribution in [2.75, 3.05) is 39.3 Å². The molecule has 0 spiro atoms. The fourth-order valence-corrected chi connectivity index (χ4v) is 8.71. The van der Waals surface area contributed by atoms with E-state index in [9.17, 15) is 9.59 Å². The number of nitrogens with zero attached hydrogens (tertiary/aromatic N) is 2. The van der Waals surface area contributed by atoms with Crippen molar-refractivity contribution in [3.63, 3.8) is 0 Å². The normalized spacial score (nSPS) is 19.7. The Morgan fingerprint density at radius 1 is 0.725 bits per heavy atom. The van der Waals surface area contributed by atoms with Gasteiger partial charge in [-0.1, -0.05) is 117 Å². The second kappa shape index (κ2) is 17.6. The number of unbranched alkanes of at least 4 members (excludes halogenated alkanes) is 1. The summed E-state index contributed by atoms with van der Waals surface area (Å²) in [4.78, 5) is 32.9. The van der Waals surface area contributed by atoms with E-state index in [0.717, 1.165) is 60.7 Å². The maximum atomic E-state index is 14.6. The minimum absolute atomic E-state index is 0.00668. The molecule has 1 heterocycles. The molecule has 3 atom stereocenters. The van der Waals surface area contributed by atoms with Crippen molar-refractivity contribution < 1.29 is 9.59 Å². The molecule has 8 heteroatoms. The molecule has 0 bridgehead atoms. The SMILES string of the molecule is NCCNCCCCC1(CC2CCCCC2)CN(C(=O)[C@H](N)Cc2ccc3ccccc3c2)CCN1C(=O)C(N)Cc1ccc2ccccc2c1. The third kappa shape index (κ3) is 9.35. The van der Waals surface area contributed by atoms with Gasteiger partial charge >= 0.3 is 0 Å². The maximum absolute atomic E-state index is 14.6. The zero-order valence-electron chi connectivity index (χ0n) is 30.3. The minimum Gasteiger partial charge on any atom is -0.337 e. The van der Waals surface area contributed by atoms with E-state index in [1.54, 1.807) is 0 Å². The zero-order chi connectivity index (χ0) is 35.6. The highest BCUT2D eigenvalue weighted by atomic mass is 16.2. The molecule has 6 rings (SSSR count). The third-order valence-electron chi connectivity index (χ3n) is 11.4. The Morgan fingerprint density at radius 3 is 1.92 bits per heavy atom. The first-order chi connectivity index (χ1) is 24.8. The monoisotopic (exact) mass is 690 g/mol. The Kier molecular flexibility index (Phi) is 12.8. The summed E-state index contributed by atoms with van der Waals surface area (Å²) in [6.07, 6.45) is 10.6. The maximum Gasteiger partial charge on any atom is 0.240 e. The molecule has 2 amide bonds. The summed E-state index contributed by atoms with van der Waals surface area (Å²) in [6, 6.07) is 27.9. The van der Waals surface area contributed by atoms with Crippen molar-refractivity contribution in [2.45, 2.75) is 88.3 Å². The molecular formula is C43H58N6O2. The van der Waals surface area contributed by atoms with Crippen LogP contribution < -0.4 is 22.5 Å². The highest BCUT2D eigenvalue weighted by molar-refractivity contribution is 5.87. The van der Waals surface area contributed by atoms with Gasteiger partial charge in [-0.05, 0) is 83.7 Å². The van der Waals surface area contributed by atoms with Gasteiger partial charge in [-0.3, -0.25) is 9.59 Å². The first kappa shape index (κ1) is 37.0. The Hall–Kier alpha value is -3.82. The van der Waals surface area contributed by atoms with E-state index in [0.29, 0.717) is 44.9 Å². The van der Waals surface area contributed by atoms with E-state index in [4.69, 9.17) is 17.2 Å². The molecule has 4 aromatic carbocycles. The average Bonchev–Trinajstić information content (AvgIpc) is 3.16. The first-order valence-electron chi connectivity index (χ1n) is 19.3. The number of amides is 2. The quantitative estimate of drug-likeness (QED) is 0.121. The Labute approximate surface area is 304 Å². The van der Waals surface area contributed by atoms with Crippen LogP contribution in [0.2, 0.25) is 0 Å². The highest BCUT2D eigenvalue weighted by Crippen LogP contribution is 2.39. The van der Waals surface area contributed by atoms with Gasteiger partial charge in [-0.25, -0.2) is 0 Å². The number of piperazine rings is 1. The number of nitrogens with two attached hydrogens (primary N) is 3. The number of benzene rings is 4. The number of carbonyl (C=O) groups excluding carboxylic acids is 2. The van der Waals surface area contributed by atoms with Gasteiger partial charge in [0.2, 0.25) is 11.8 Å². The Balaban J connectivity index is 1.24. The predicted octanol–water partition coefficient (Wildman–Crippen LogP) is 5.53. The zero-order valence-corrected chi connectivity index (χ0v) is 30.3. The van der Waals surface area contributed by atoms with E-state index in [1.165, 1.54) is 42.9 Å². The van der Waals surface area contributed by atoms with E-state index in [2.05, 4.69) is 70.9 Å². The minimum atomic E-state index is -0.666. The van der Waals surface area contributed by atoms with Gasteiger partial charge in [0.1, 0.15) is 0 Å². The van der Waals surface area contributed by atoms with E-state index in [1.807, 2.05) is 29.2 Å². The number of hydrogen-bond acceptors (Lipinski definition) is 6. The van der Waals surface area contributed by atoms with E-state index >= 15 is 0 Å². The van der Waals surface area contributed by atoms with Crippen LogP contribution >= 0.6 is 0 Å². The van der Waals surface area contributed by atoms with E-state index in [-0.39, 0.29) is 11.8 Å². The number of carbonyl (C=O) groups is 2. The van der Waals surface area contributed by atoms with Gasteiger partial charge in [0.05, 0.1) is 17.6 Å². The molecular weight excluding hydrogens is 633 g/mol. The summed E-state index contributed by atoms with van der Waals surface area (Å²) in [7, 11) is 0. The Morgan fingerprint density at radius 2 is 1.31 bits per heavy atom. The number of fused-ring (bicyclic) bond motifs is 2. The molecule has 8 nitrogen and oxygen atoms in total. The first-order valence-corrected chi connectivity index (χ1v) is 19.3. The van der Waals surface area contributed by atoms with Crippen LogP contribution in [0.15, 0.2) is 84.9 Å². The van der Waals surface area contributed by atoms with Crippen LogP contribution in [0.4, 0.5) is 0 Å². The average molecular weight is 691 g/mol. The molecule has 2 unspecified atom stereocenters. The van der Waals surface area contributed by atoms with Gasteiger partial charge in [0.25, 0.3) is 0 Å². The number of rotatable bonds is 15. The number of hydrogen-bond donors (Lipinski definition) is 4. The lowest BCUT2D eigenvalue weighted by molar-refractivity contribution is -0.153. The summed E-state index contributed by atoms with van der Waals surface area (Å²) in [6.45, 7) is 3.71. The van der Waals surface area contributed by atoms with Gasteiger partial charge in [-0.2, -0.15) is 0 Å². The molecule has 2 fully saturated rings. The smallest absolute Gasteiger partial charge is 0.240 e. The van der Waals surface area contributed by atoms with Crippen LogP contribution in [0.3, 0.4) is 0 Å². The van der Waals surface area contributed by atoms with Crippen molar-refractivity contribution in [3.05, 3.63) is 96.1 Å². The molecule has 0 radical (unpaired) electrons. The van der Waals surface area contributed by atoms with Crippen molar-refractivity contribution in [1.29, 1.82) is 0 Å². The lowest BCUT2D eigenvalue weighted by Crippen LogP contribution is -2.68. The molecule has 0 aromatic heterocycles. The van der Waals surface area contributed by atoms with Gasteiger partial charge < -0.3 is 32.3 Å². The van der Waals surface area contributed by atoms with Gasteiger partial charge in [-0.15, -0.1) is 0 Å². The van der Waals surface area contributed by atoms with E-state index < -0.39 is 17.6 Å². The lowest BCUT2D eigenvalue weighted by atomic mass is 9.74. The van der Waals surface area contributed by atoms with Crippen LogP contribution in [0.5, 0.6) is 0 Å². The molecule has 7 N–H and O–H groups in total. The van der Waals surface area contributed by atoms with Crippen molar-refractivity contribution in [2.24, 2.45) is 23.1 Å². The summed E-state index contributed by atoms with van der Waals surface area (Å²) < 4.78 is 0. The van der Waals surface area contributed by atoms with Gasteiger partial charge in [0, 0.05) is 32.7 Å². The molecule has 2 aliphatic rings.